The Hall–Kier alpha value is -3.28. The molecule has 6 nitrogen and oxygen atoms in total. The molecule has 1 aromatic carbocycles. The van der Waals surface area contributed by atoms with Crippen LogP contribution in [-0.4, -0.2) is 21.1 Å². The number of benzene rings is 1. The molecule has 0 aliphatic heterocycles. The molecular weight excluding hydrogens is 280 g/mol. The van der Waals surface area contributed by atoms with E-state index in [1.54, 1.807) is 24.4 Å². The molecule has 0 spiro atoms. The van der Waals surface area contributed by atoms with Crippen molar-refractivity contribution in [2.45, 2.75) is 0 Å². The first kappa shape index (κ1) is 13.7. The minimum Gasteiger partial charge on any atom is -0.401 e. The highest BCUT2D eigenvalue weighted by atomic mass is 16.4. The number of carbonyl (C=O) groups is 1. The summed E-state index contributed by atoms with van der Waals surface area (Å²) in [6.45, 7) is 0. The van der Waals surface area contributed by atoms with Gasteiger partial charge in [0, 0.05) is 12.3 Å². The average molecular weight is 292 g/mol. The number of hydrogen-bond acceptors (Lipinski definition) is 5. The fourth-order valence-corrected chi connectivity index (χ4v) is 1.75. The van der Waals surface area contributed by atoms with E-state index in [0.717, 1.165) is 5.56 Å². The summed E-state index contributed by atoms with van der Waals surface area (Å²) in [5.74, 6) is -0.0944. The lowest BCUT2D eigenvalue weighted by Gasteiger charge is -1.95. The quantitative estimate of drug-likeness (QED) is 0.748. The number of rotatable bonds is 4. The Kier molecular flexibility index (Phi) is 4.01. The molecule has 2 heterocycles. The molecule has 0 fully saturated rings. The third kappa shape index (κ3) is 3.43. The van der Waals surface area contributed by atoms with Crippen LogP contribution in [0.15, 0.2) is 65.2 Å². The predicted molar refractivity (Wildman–Crippen MR) is 81.6 cm³/mol. The van der Waals surface area contributed by atoms with Crippen LogP contribution in [0.2, 0.25) is 0 Å². The zero-order valence-corrected chi connectivity index (χ0v) is 11.5. The fourth-order valence-electron chi connectivity index (χ4n) is 1.75. The highest BCUT2D eigenvalue weighted by Crippen LogP contribution is 2.16. The van der Waals surface area contributed by atoms with Gasteiger partial charge in [-0.05, 0) is 23.8 Å². The summed E-state index contributed by atoms with van der Waals surface area (Å²) in [5.41, 5.74) is 1.48. The zero-order valence-electron chi connectivity index (χ0n) is 11.5. The number of aromatic nitrogens is 3. The molecule has 0 aliphatic rings. The smallest absolute Gasteiger partial charge is 0.322 e. The molecule has 0 bridgehead atoms. The molecule has 0 aliphatic carbocycles. The Labute approximate surface area is 126 Å². The largest absolute Gasteiger partial charge is 0.401 e. The summed E-state index contributed by atoms with van der Waals surface area (Å²) in [6, 6.07) is 14.9. The van der Waals surface area contributed by atoms with Crippen LogP contribution in [0.4, 0.5) is 6.01 Å². The van der Waals surface area contributed by atoms with E-state index in [0.29, 0.717) is 5.69 Å². The first-order valence-corrected chi connectivity index (χ1v) is 6.60. The van der Waals surface area contributed by atoms with Gasteiger partial charge in [-0.3, -0.25) is 15.1 Å². The van der Waals surface area contributed by atoms with Crippen molar-refractivity contribution in [2.24, 2.45) is 0 Å². The standard InChI is InChI=1S/C16H12N4O2/c21-14(10-9-12-6-2-1-3-7-12)18-16-20-19-15(22-16)13-8-4-5-11-17-13/h1-11H,(H,18,20,21). The van der Waals surface area contributed by atoms with Crippen LogP contribution in [0.3, 0.4) is 0 Å². The van der Waals surface area contributed by atoms with Gasteiger partial charge in [0.25, 0.3) is 11.8 Å². The molecule has 0 radical (unpaired) electrons. The van der Waals surface area contributed by atoms with Crippen LogP contribution in [0.25, 0.3) is 17.7 Å². The van der Waals surface area contributed by atoms with Crippen molar-refractivity contribution in [1.29, 1.82) is 0 Å². The molecule has 6 heteroatoms. The van der Waals surface area contributed by atoms with Gasteiger partial charge in [0.15, 0.2) is 0 Å². The Balaban J connectivity index is 1.65. The monoisotopic (exact) mass is 292 g/mol. The highest BCUT2D eigenvalue weighted by Gasteiger charge is 2.10. The number of carbonyl (C=O) groups excluding carboxylic acids is 1. The average Bonchev–Trinajstić information content (AvgIpc) is 3.03. The second-order valence-electron chi connectivity index (χ2n) is 4.36. The maximum Gasteiger partial charge on any atom is 0.322 e. The minimum absolute atomic E-state index is 0.0309. The van der Waals surface area contributed by atoms with Crippen molar-refractivity contribution >= 4 is 18.0 Å². The summed E-state index contributed by atoms with van der Waals surface area (Å²) in [6.07, 6.45) is 4.73. The van der Waals surface area contributed by atoms with Gasteiger partial charge in [0.1, 0.15) is 5.69 Å². The summed E-state index contributed by atoms with van der Waals surface area (Å²) < 4.78 is 5.34. The number of anilines is 1. The van der Waals surface area contributed by atoms with E-state index in [2.05, 4.69) is 20.5 Å². The highest BCUT2D eigenvalue weighted by molar-refractivity contribution is 6.00. The molecule has 3 rings (SSSR count). The predicted octanol–water partition coefficient (Wildman–Crippen LogP) is 2.78. The van der Waals surface area contributed by atoms with Gasteiger partial charge in [-0.1, -0.05) is 41.5 Å². The van der Waals surface area contributed by atoms with Gasteiger partial charge in [-0.15, -0.1) is 5.10 Å². The van der Waals surface area contributed by atoms with Crippen LogP contribution in [0, 0.1) is 0 Å². The molecule has 108 valence electrons. The molecule has 0 saturated heterocycles. The lowest BCUT2D eigenvalue weighted by molar-refractivity contribution is -0.112. The lowest BCUT2D eigenvalue weighted by atomic mass is 10.2. The maximum absolute atomic E-state index is 11.8. The number of nitrogens with one attached hydrogen (secondary N) is 1. The molecule has 3 aromatic rings. The van der Waals surface area contributed by atoms with Gasteiger partial charge in [0.05, 0.1) is 0 Å². The first-order chi connectivity index (χ1) is 10.8. The van der Waals surface area contributed by atoms with Crippen LogP contribution in [0.5, 0.6) is 0 Å². The van der Waals surface area contributed by atoms with Gasteiger partial charge < -0.3 is 4.42 Å². The van der Waals surface area contributed by atoms with Crippen molar-refractivity contribution in [3.05, 3.63) is 66.4 Å². The van der Waals surface area contributed by atoms with E-state index in [1.165, 1.54) is 6.08 Å². The normalized spacial score (nSPS) is 10.7. The second kappa shape index (κ2) is 6.45. The third-order valence-electron chi connectivity index (χ3n) is 2.77. The maximum atomic E-state index is 11.8. The lowest BCUT2D eigenvalue weighted by Crippen LogP contribution is -2.07. The molecule has 1 amide bonds. The first-order valence-electron chi connectivity index (χ1n) is 6.60. The number of amides is 1. The fraction of sp³-hybridized carbons (Fsp3) is 0. The Morgan fingerprint density at radius 1 is 1.05 bits per heavy atom. The van der Waals surface area contributed by atoms with Gasteiger partial charge >= 0.3 is 6.01 Å². The van der Waals surface area contributed by atoms with Crippen LogP contribution in [0.1, 0.15) is 5.56 Å². The van der Waals surface area contributed by atoms with Crippen molar-refractivity contribution in [3.8, 4) is 11.6 Å². The third-order valence-corrected chi connectivity index (χ3v) is 2.77. The zero-order chi connectivity index (χ0) is 15.2. The molecular formula is C16H12N4O2. The summed E-state index contributed by atoms with van der Waals surface area (Å²) in [7, 11) is 0. The molecule has 22 heavy (non-hydrogen) atoms. The Morgan fingerprint density at radius 2 is 1.86 bits per heavy atom. The molecule has 2 aromatic heterocycles. The van der Waals surface area contributed by atoms with Crippen molar-refractivity contribution in [3.63, 3.8) is 0 Å². The Bertz CT molecular complexity index is 782. The molecule has 1 N–H and O–H groups in total. The number of nitrogens with zero attached hydrogens (tertiary/aromatic N) is 3. The second-order valence-corrected chi connectivity index (χ2v) is 4.36. The summed E-state index contributed by atoms with van der Waals surface area (Å²) in [5, 5.41) is 10.1. The van der Waals surface area contributed by atoms with Crippen molar-refractivity contribution < 1.29 is 9.21 Å². The van der Waals surface area contributed by atoms with E-state index >= 15 is 0 Å². The van der Waals surface area contributed by atoms with Crippen molar-refractivity contribution in [1.82, 2.24) is 15.2 Å². The van der Waals surface area contributed by atoms with Crippen LogP contribution >= 0.6 is 0 Å². The Morgan fingerprint density at radius 3 is 2.64 bits per heavy atom. The number of pyridine rings is 1. The van der Waals surface area contributed by atoms with Gasteiger partial charge in [-0.25, -0.2) is 0 Å². The molecule has 0 saturated carbocycles. The van der Waals surface area contributed by atoms with E-state index < -0.39 is 0 Å². The van der Waals surface area contributed by atoms with E-state index in [9.17, 15) is 4.79 Å². The van der Waals surface area contributed by atoms with Crippen LogP contribution < -0.4 is 5.32 Å². The minimum atomic E-state index is -0.347. The SMILES string of the molecule is O=C(C=Cc1ccccc1)Nc1nnc(-c2ccccn2)o1. The topological polar surface area (TPSA) is 80.9 Å². The van der Waals surface area contributed by atoms with Gasteiger partial charge in [-0.2, -0.15) is 0 Å². The van der Waals surface area contributed by atoms with E-state index in [-0.39, 0.29) is 17.8 Å². The summed E-state index contributed by atoms with van der Waals surface area (Å²) >= 11 is 0. The molecule has 0 atom stereocenters. The van der Waals surface area contributed by atoms with Crippen molar-refractivity contribution in [2.75, 3.05) is 5.32 Å². The van der Waals surface area contributed by atoms with Gasteiger partial charge in [0.2, 0.25) is 0 Å². The van der Waals surface area contributed by atoms with Crippen LogP contribution in [-0.2, 0) is 4.79 Å². The molecule has 0 unspecified atom stereocenters. The summed E-state index contributed by atoms with van der Waals surface area (Å²) in [4.78, 5) is 15.9. The van der Waals surface area contributed by atoms with E-state index in [1.807, 2.05) is 36.4 Å². The van der Waals surface area contributed by atoms with E-state index in [4.69, 9.17) is 4.42 Å². The number of hydrogen-bond donors (Lipinski definition) is 1.